The molecule has 1 unspecified atom stereocenters. The number of primary sulfonamides is 1. The first kappa shape index (κ1) is 23.2. The Bertz CT molecular complexity index is 1460. The third-order valence-corrected chi connectivity index (χ3v) is 7.47. The lowest BCUT2D eigenvalue weighted by Crippen LogP contribution is -2.38. The minimum atomic E-state index is -3.85. The fourth-order valence-corrected chi connectivity index (χ4v) is 5.29. The molecule has 1 aromatic heterocycles. The molecule has 2 heterocycles. The van der Waals surface area contributed by atoms with Gasteiger partial charge in [-0.3, -0.25) is 9.89 Å². The van der Waals surface area contributed by atoms with Gasteiger partial charge >= 0.3 is 0 Å². The standard InChI is InChI=1S/C26H27N5O3S/c27-35(33,34)21-8-4-7-19(15-21)25-22-16-20(9-10-23(22)30-31-25)26(32)29-24(17-5-2-1-3-6-17)18-11-13-28-14-12-18/h1-10,15-16,18,24,28H,11-14H2,(H,29,32)(H,30,31)(H2,27,33,34). The summed E-state index contributed by atoms with van der Waals surface area (Å²) in [5.74, 6) is 0.182. The number of aromatic amines is 1. The zero-order valence-corrected chi connectivity index (χ0v) is 19.9. The molecule has 5 N–H and O–H groups in total. The van der Waals surface area contributed by atoms with Gasteiger partial charge in [-0.1, -0.05) is 42.5 Å². The van der Waals surface area contributed by atoms with E-state index in [0.29, 0.717) is 22.7 Å². The van der Waals surface area contributed by atoms with Crippen LogP contribution in [-0.4, -0.2) is 37.6 Å². The van der Waals surface area contributed by atoms with Crippen LogP contribution < -0.4 is 15.8 Å². The van der Waals surface area contributed by atoms with Crippen LogP contribution in [0.2, 0.25) is 0 Å². The summed E-state index contributed by atoms with van der Waals surface area (Å²) in [6.45, 7) is 1.87. The summed E-state index contributed by atoms with van der Waals surface area (Å²) < 4.78 is 23.6. The van der Waals surface area contributed by atoms with Gasteiger partial charge < -0.3 is 10.6 Å². The molecular formula is C26H27N5O3S. The van der Waals surface area contributed by atoms with Gasteiger partial charge in [0.15, 0.2) is 0 Å². The molecule has 0 radical (unpaired) electrons. The Balaban J connectivity index is 1.47. The second kappa shape index (κ2) is 9.61. The fraction of sp³-hybridized carbons (Fsp3) is 0.231. The number of H-pyrrole nitrogens is 1. The average molecular weight is 490 g/mol. The maximum absolute atomic E-state index is 13.4. The number of carbonyl (C=O) groups excluding carboxylic acids is 1. The molecule has 3 aromatic carbocycles. The highest BCUT2D eigenvalue weighted by atomic mass is 32.2. The van der Waals surface area contributed by atoms with E-state index in [0.717, 1.165) is 42.4 Å². The number of hydrogen-bond acceptors (Lipinski definition) is 5. The number of benzene rings is 3. The quantitative estimate of drug-likeness (QED) is 0.330. The van der Waals surface area contributed by atoms with Crippen LogP contribution in [0.4, 0.5) is 0 Å². The van der Waals surface area contributed by atoms with Crippen molar-refractivity contribution in [3.63, 3.8) is 0 Å². The van der Waals surface area contributed by atoms with Crippen molar-refractivity contribution >= 4 is 26.8 Å². The van der Waals surface area contributed by atoms with Crippen LogP contribution in [-0.2, 0) is 10.0 Å². The molecule has 1 aliphatic rings. The molecule has 0 spiro atoms. The number of nitrogens with one attached hydrogen (secondary N) is 3. The molecule has 5 rings (SSSR count). The average Bonchev–Trinajstić information content (AvgIpc) is 3.31. The Hall–Kier alpha value is -3.53. The fourth-order valence-electron chi connectivity index (χ4n) is 4.73. The summed E-state index contributed by atoms with van der Waals surface area (Å²) in [5, 5.41) is 20.0. The number of aromatic nitrogens is 2. The van der Waals surface area contributed by atoms with Gasteiger partial charge in [0.25, 0.3) is 5.91 Å². The highest BCUT2D eigenvalue weighted by Crippen LogP contribution is 2.31. The smallest absolute Gasteiger partial charge is 0.251 e. The number of hydrogen-bond donors (Lipinski definition) is 4. The van der Waals surface area contributed by atoms with E-state index in [1.54, 1.807) is 24.3 Å². The normalized spacial score (nSPS) is 15.7. The zero-order chi connectivity index (χ0) is 24.4. The first-order chi connectivity index (χ1) is 16.9. The van der Waals surface area contributed by atoms with Crippen LogP contribution in [0, 0.1) is 5.92 Å². The van der Waals surface area contributed by atoms with Crippen molar-refractivity contribution in [3.8, 4) is 11.3 Å². The Morgan fingerprint density at radius 2 is 1.77 bits per heavy atom. The molecule has 180 valence electrons. The Kier molecular flexibility index (Phi) is 6.38. The van der Waals surface area contributed by atoms with Crippen LogP contribution in [0.5, 0.6) is 0 Å². The van der Waals surface area contributed by atoms with Crippen molar-refractivity contribution in [1.82, 2.24) is 20.8 Å². The summed E-state index contributed by atoms with van der Waals surface area (Å²) in [4.78, 5) is 13.4. The van der Waals surface area contributed by atoms with Crippen molar-refractivity contribution in [3.05, 3.63) is 83.9 Å². The molecule has 4 aromatic rings. The SMILES string of the molecule is NS(=O)(=O)c1cccc(-c2n[nH]c3ccc(C(=O)NC(c4ccccc4)C4CCNCC4)cc23)c1. The van der Waals surface area contributed by atoms with Crippen molar-refractivity contribution in [2.75, 3.05) is 13.1 Å². The number of piperidine rings is 1. The molecule has 0 bridgehead atoms. The minimum absolute atomic E-state index is 0.00715. The largest absolute Gasteiger partial charge is 0.345 e. The van der Waals surface area contributed by atoms with Gasteiger partial charge in [0, 0.05) is 16.5 Å². The van der Waals surface area contributed by atoms with Crippen LogP contribution in [0.15, 0.2) is 77.7 Å². The van der Waals surface area contributed by atoms with E-state index < -0.39 is 10.0 Å². The summed E-state index contributed by atoms with van der Waals surface area (Å²) in [6.07, 6.45) is 1.98. The Morgan fingerprint density at radius 1 is 1.00 bits per heavy atom. The first-order valence-corrected chi connectivity index (χ1v) is 13.1. The van der Waals surface area contributed by atoms with E-state index in [2.05, 4.69) is 33.0 Å². The Morgan fingerprint density at radius 3 is 2.51 bits per heavy atom. The maximum Gasteiger partial charge on any atom is 0.251 e. The molecule has 9 heteroatoms. The number of fused-ring (bicyclic) bond motifs is 1. The predicted octanol–water partition coefficient (Wildman–Crippen LogP) is 3.35. The molecule has 0 saturated carbocycles. The molecule has 1 amide bonds. The van der Waals surface area contributed by atoms with Crippen LogP contribution >= 0.6 is 0 Å². The first-order valence-electron chi connectivity index (χ1n) is 11.6. The molecule has 1 atom stereocenters. The summed E-state index contributed by atoms with van der Waals surface area (Å²) in [5.41, 5.74) is 3.50. The number of nitrogens with two attached hydrogens (primary N) is 1. The van der Waals surface area contributed by atoms with E-state index in [-0.39, 0.29) is 16.8 Å². The van der Waals surface area contributed by atoms with Gasteiger partial charge in [0.05, 0.1) is 22.1 Å². The second-order valence-electron chi connectivity index (χ2n) is 8.85. The monoisotopic (exact) mass is 489 g/mol. The molecule has 0 aliphatic carbocycles. The van der Waals surface area contributed by atoms with Crippen molar-refractivity contribution < 1.29 is 13.2 Å². The highest BCUT2D eigenvalue weighted by Gasteiger charge is 2.27. The van der Waals surface area contributed by atoms with E-state index >= 15 is 0 Å². The van der Waals surface area contributed by atoms with Crippen molar-refractivity contribution in [2.45, 2.75) is 23.8 Å². The lowest BCUT2D eigenvalue weighted by Gasteiger charge is -2.31. The summed E-state index contributed by atoms with van der Waals surface area (Å²) in [7, 11) is -3.85. The zero-order valence-electron chi connectivity index (χ0n) is 19.1. The van der Waals surface area contributed by atoms with Crippen molar-refractivity contribution in [2.24, 2.45) is 11.1 Å². The number of rotatable bonds is 6. The molecular weight excluding hydrogens is 462 g/mol. The third kappa shape index (κ3) is 4.97. The van der Waals surface area contributed by atoms with Gasteiger partial charge in [-0.15, -0.1) is 0 Å². The number of carbonyl (C=O) groups is 1. The minimum Gasteiger partial charge on any atom is -0.345 e. The van der Waals surface area contributed by atoms with Crippen molar-refractivity contribution in [1.29, 1.82) is 0 Å². The van der Waals surface area contributed by atoms with E-state index in [4.69, 9.17) is 5.14 Å². The third-order valence-electron chi connectivity index (χ3n) is 6.56. The lowest BCUT2D eigenvalue weighted by molar-refractivity contribution is 0.0914. The van der Waals surface area contributed by atoms with Gasteiger partial charge in [-0.25, -0.2) is 13.6 Å². The molecule has 1 aliphatic heterocycles. The second-order valence-corrected chi connectivity index (χ2v) is 10.4. The molecule has 1 saturated heterocycles. The van der Waals surface area contributed by atoms with Gasteiger partial charge in [0.2, 0.25) is 10.0 Å². The topological polar surface area (TPSA) is 130 Å². The molecule has 8 nitrogen and oxygen atoms in total. The highest BCUT2D eigenvalue weighted by molar-refractivity contribution is 7.89. The van der Waals surface area contributed by atoms with E-state index in [1.807, 2.05) is 24.3 Å². The van der Waals surface area contributed by atoms with Crippen LogP contribution in [0.1, 0.15) is 34.8 Å². The maximum atomic E-state index is 13.4. The number of nitrogens with zero attached hydrogens (tertiary/aromatic N) is 1. The van der Waals surface area contributed by atoms with Crippen LogP contribution in [0.25, 0.3) is 22.2 Å². The summed E-state index contributed by atoms with van der Waals surface area (Å²) >= 11 is 0. The summed E-state index contributed by atoms with van der Waals surface area (Å²) in [6, 6.07) is 21.7. The lowest BCUT2D eigenvalue weighted by atomic mass is 9.85. The number of sulfonamides is 1. The molecule has 1 fully saturated rings. The van der Waals surface area contributed by atoms with Gasteiger partial charge in [-0.2, -0.15) is 5.10 Å². The van der Waals surface area contributed by atoms with Crippen LogP contribution in [0.3, 0.4) is 0 Å². The van der Waals surface area contributed by atoms with Gasteiger partial charge in [0.1, 0.15) is 0 Å². The Labute approximate surface area is 204 Å². The van der Waals surface area contributed by atoms with E-state index in [1.165, 1.54) is 12.1 Å². The van der Waals surface area contributed by atoms with E-state index in [9.17, 15) is 13.2 Å². The predicted molar refractivity (Wildman–Crippen MR) is 135 cm³/mol. The number of amides is 1. The molecule has 35 heavy (non-hydrogen) atoms. The van der Waals surface area contributed by atoms with Gasteiger partial charge in [-0.05, 0) is 67.7 Å².